The van der Waals surface area contributed by atoms with Gasteiger partial charge < -0.3 is 9.88 Å². The van der Waals surface area contributed by atoms with E-state index in [2.05, 4.69) is 20.8 Å². The Morgan fingerprint density at radius 2 is 2.03 bits per heavy atom. The van der Waals surface area contributed by atoms with Crippen LogP contribution in [-0.2, 0) is 10.0 Å². The number of nitrogens with one attached hydrogen (secondary N) is 2. The number of fused-ring (bicyclic) bond motifs is 1. The summed E-state index contributed by atoms with van der Waals surface area (Å²) in [5.41, 5.74) is 3.65. The molecular weight excluding hydrogens is 388 g/mol. The molecule has 0 saturated carbocycles. The van der Waals surface area contributed by atoms with Crippen molar-refractivity contribution in [3.05, 3.63) is 66.0 Å². The van der Waals surface area contributed by atoms with Crippen LogP contribution in [0.2, 0.25) is 0 Å². The molecule has 0 radical (unpaired) electrons. The zero-order chi connectivity index (χ0) is 20.4. The van der Waals surface area contributed by atoms with Crippen molar-refractivity contribution in [2.45, 2.75) is 18.2 Å². The molecule has 0 fully saturated rings. The molecule has 150 valence electrons. The Morgan fingerprint density at radius 1 is 1.24 bits per heavy atom. The number of hydrogen-bond acceptors (Lipinski definition) is 4. The Bertz CT molecular complexity index is 1180. The van der Waals surface area contributed by atoms with E-state index in [1.807, 2.05) is 18.3 Å². The van der Waals surface area contributed by atoms with Crippen LogP contribution in [-0.4, -0.2) is 48.8 Å². The monoisotopic (exact) mass is 410 g/mol. The SMILES string of the molecule is CCNS(=O)(=O)c1ccc(C(=O)N2CC=C(c3c[nH]c4ncccc34)CC2)cc1. The second kappa shape index (κ2) is 7.81. The maximum absolute atomic E-state index is 12.8. The number of hydrogen-bond donors (Lipinski definition) is 2. The average Bonchev–Trinajstić information content (AvgIpc) is 3.18. The van der Waals surface area contributed by atoms with Crippen LogP contribution in [0, 0.1) is 0 Å². The molecule has 1 aromatic carbocycles. The molecule has 2 N–H and O–H groups in total. The molecule has 29 heavy (non-hydrogen) atoms. The first-order valence-corrected chi connectivity index (χ1v) is 11.0. The van der Waals surface area contributed by atoms with Crippen molar-refractivity contribution >= 4 is 32.5 Å². The Kier molecular flexibility index (Phi) is 5.21. The second-order valence-electron chi connectivity index (χ2n) is 6.86. The number of carbonyl (C=O) groups excluding carboxylic acids is 1. The van der Waals surface area contributed by atoms with Gasteiger partial charge in [0.05, 0.1) is 4.90 Å². The predicted octanol–water partition coefficient (Wildman–Crippen LogP) is 2.79. The Hall–Kier alpha value is -2.97. The van der Waals surface area contributed by atoms with Gasteiger partial charge in [-0.25, -0.2) is 18.1 Å². The number of H-pyrrole nitrogens is 1. The van der Waals surface area contributed by atoms with Gasteiger partial charge >= 0.3 is 0 Å². The highest BCUT2D eigenvalue weighted by molar-refractivity contribution is 7.89. The molecule has 2 aromatic heterocycles. The van der Waals surface area contributed by atoms with Crippen molar-refractivity contribution in [3.63, 3.8) is 0 Å². The first kappa shape index (κ1) is 19.4. The van der Waals surface area contributed by atoms with E-state index in [1.54, 1.807) is 30.2 Å². The van der Waals surface area contributed by atoms with Gasteiger partial charge in [-0.2, -0.15) is 0 Å². The third-order valence-electron chi connectivity index (χ3n) is 5.04. The maximum atomic E-state index is 12.8. The summed E-state index contributed by atoms with van der Waals surface area (Å²) in [6, 6.07) is 10.0. The standard InChI is InChI=1S/C21H22N4O3S/c1-2-24-29(27,28)17-7-5-16(6-8-17)21(26)25-12-9-15(10-13-25)19-14-23-20-18(19)4-3-11-22-20/h3-9,11,14,24H,2,10,12-13H2,1H3,(H,22,23). The topological polar surface area (TPSA) is 95.2 Å². The van der Waals surface area contributed by atoms with Crippen LogP contribution in [0.25, 0.3) is 16.6 Å². The van der Waals surface area contributed by atoms with Crippen molar-refractivity contribution in [3.8, 4) is 0 Å². The zero-order valence-electron chi connectivity index (χ0n) is 16.1. The lowest BCUT2D eigenvalue weighted by Gasteiger charge is -2.26. The molecule has 0 aliphatic carbocycles. The fraction of sp³-hybridized carbons (Fsp3) is 0.238. The summed E-state index contributed by atoms with van der Waals surface area (Å²) in [7, 11) is -3.52. The van der Waals surface area contributed by atoms with Gasteiger partial charge in [0, 0.05) is 48.5 Å². The van der Waals surface area contributed by atoms with Crippen LogP contribution >= 0.6 is 0 Å². The van der Waals surface area contributed by atoms with Gasteiger partial charge in [-0.3, -0.25) is 4.79 Å². The van der Waals surface area contributed by atoms with E-state index in [0.29, 0.717) is 25.2 Å². The lowest BCUT2D eigenvalue weighted by Crippen LogP contribution is -2.34. The van der Waals surface area contributed by atoms with E-state index >= 15 is 0 Å². The highest BCUT2D eigenvalue weighted by Crippen LogP contribution is 2.28. The summed E-state index contributed by atoms with van der Waals surface area (Å²) in [6.45, 7) is 3.16. The predicted molar refractivity (Wildman–Crippen MR) is 112 cm³/mol. The largest absolute Gasteiger partial charge is 0.346 e. The van der Waals surface area contributed by atoms with Crippen LogP contribution in [0.4, 0.5) is 0 Å². The summed E-state index contributed by atoms with van der Waals surface area (Å²) in [4.78, 5) is 22.2. The average molecular weight is 410 g/mol. The molecule has 0 spiro atoms. The third-order valence-corrected chi connectivity index (χ3v) is 6.60. The Morgan fingerprint density at radius 3 is 2.72 bits per heavy atom. The summed E-state index contributed by atoms with van der Waals surface area (Å²) in [5.74, 6) is -0.103. The third kappa shape index (κ3) is 3.81. The molecule has 1 amide bonds. The molecule has 0 unspecified atom stereocenters. The molecular formula is C21H22N4O3S. The van der Waals surface area contributed by atoms with Crippen LogP contribution < -0.4 is 4.72 Å². The van der Waals surface area contributed by atoms with Gasteiger partial charge in [0.1, 0.15) is 5.65 Å². The van der Waals surface area contributed by atoms with Gasteiger partial charge in [0.2, 0.25) is 10.0 Å². The highest BCUT2D eigenvalue weighted by atomic mass is 32.2. The number of amides is 1. The van der Waals surface area contributed by atoms with Crippen molar-refractivity contribution in [2.75, 3.05) is 19.6 Å². The number of pyridine rings is 1. The fourth-order valence-electron chi connectivity index (χ4n) is 3.55. The summed E-state index contributed by atoms with van der Waals surface area (Å²) < 4.78 is 26.5. The summed E-state index contributed by atoms with van der Waals surface area (Å²) in [5, 5.41) is 1.08. The lowest BCUT2D eigenvalue weighted by molar-refractivity contribution is 0.0773. The van der Waals surface area contributed by atoms with Gasteiger partial charge in [-0.15, -0.1) is 0 Å². The van der Waals surface area contributed by atoms with Crippen molar-refractivity contribution in [1.82, 2.24) is 19.6 Å². The van der Waals surface area contributed by atoms with Gasteiger partial charge in [-0.05, 0) is 48.4 Å². The second-order valence-corrected chi connectivity index (χ2v) is 8.63. The zero-order valence-corrected chi connectivity index (χ0v) is 16.9. The molecule has 7 nitrogen and oxygen atoms in total. The van der Waals surface area contributed by atoms with Gasteiger partial charge in [0.15, 0.2) is 0 Å². The maximum Gasteiger partial charge on any atom is 0.254 e. The molecule has 1 aliphatic heterocycles. The molecule has 0 bridgehead atoms. The van der Waals surface area contributed by atoms with E-state index in [4.69, 9.17) is 0 Å². The first-order chi connectivity index (χ1) is 14.0. The van der Waals surface area contributed by atoms with Crippen LogP contribution in [0.1, 0.15) is 29.3 Å². The first-order valence-electron chi connectivity index (χ1n) is 9.50. The number of benzene rings is 1. The Labute approximate surface area is 169 Å². The number of nitrogens with zero attached hydrogens (tertiary/aromatic N) is 2. The number of aromatic nitrogens is 2. The van der Waals surface area contributed by atoms with E-state index < -0.39 is 10.0 Å². The van der Waals surface area contributed by atoms with Crippen LogP contribution in [0.3, 0.4) is 0 Å². The van der Waals surface area contributed by atoms with Crippen molar-refractivity contribution in [1.29, 1.82) is 0 Å². The van der Waals surface area contributed by atoms with E-state index in [-0.39, 0.29) is 10.8 Å². The quantitative estimate of drug-likeness (QED) is 0.676. The molecule has 3 aromatic rings. The van der Waals surface area contributed by atoms with Crippen LogP contribution in [0.5, 0.6) is 0 Å². The van der Waals surface area contributed by atoms with Gasteiger partial charge in [-0.1, -0.05) is 13.0 Å². The summed E-state index contributed by atoms with van der Waals surface area (Å²) in [6.07, 6.45) is 6.54. The number of rotatable bonds is 5. The molecule has 0 saturated heterocycles. The van der Waals surface area contributed by atoms with E-state index in [0.717, 1.165) is 23.0 Å². The number of carbonyl (C=O) groups is 1. The fourth-order valence-corrected chi connectivity index (χ4v) is 4.59. The van der Waals surface area contributed by atoms with Crippen LogP contribution in [0.15, 0.2) is 59.8 Å². The Balaban J connectivity index is 1.49. The van der Waals surface area contributed by atoms with Crippen molar-refractivity contribution in [2.24, 2.45) is 0 Å². The highest BCUT2D eigenvalue weighted by Gasteiger charge is 2.21. The van der Waals surface area contributed by atoms with E-state index in [1.165, 1.54) is 17.7 Å². The molecule has 0 atom stereocenters. The van der Waals surface area contributed by atoms with E-state index in [9.17, 15) is 13.2 Å². The smallest absolute Gasteiger partial charge is 0.254 e. The minimum Gasteiger partial charge on any atom is -0.346 e. The number of sulfonamides is 1. The molecule has 8 heteroatoms. The number of aromatic amines is 1. The normalized spacial score (nSPS) is 14.8. The minimum absolute atomic E-state index is 0.103. The minimum atomic E-state index is -3.52. The molecule has 4 rings (SSSR count). The van der Waals surface area contributed by atoms with Gasteiger partial charge in [0.25, 0.3) is 5.91 Å². The lowest BCUT2D eigenvalue weighted by atomic mass is 9.99. The molecule has 1 aliphatic rings. The van der Waals surface area contributed by atoms with Crippen molar-refractivity contribution < 1.29 is 13.2 Å². The summed E-state index contributed by atoms with van der Waals surface area (Å²) >= 11 is 0. The molecule has 3 heterocycles.